The molecule has 2 rings (SSSR count). The van der Waals surface area contributed by atoms with Crippen LogP contribution < -0.4 is 10.5 Å². The Bertz CT molecular complexity index is 581. The minimum Gasteiger partial charge on any atom is -0.457 e. The van der Waals surface area contributed by atoms with E-state index in [1.165, 1.54) is 6.07 Å². The summed E-state index contributed by atoms with van der Waals surface area (Å²) in [6.07, 6.45) is 0. The molecule has 0 bridgehead atoms. The van der Waals surface area contributed by atoms with Crippen LogP contribution in [0.1, 0.15) is 24.1 Å². The summed E-state index contributed by atoms with van der Waals surface area (Å²) in [6.45, 7) is 3.51. The summed E-state index contributed by atoms with van der Waals surface area (Å²) in [5, 5.41) is 0. The van der Waals surface area contributed by atoms with E-state index in [1.807, 2.05) is 24.3 Å². The Morgan fingerprint density at radius 2 is 1.84 bits per heavy atom. The van der Waals surface area contributed by atoms with Gasteiger partial charge in [-0.3, -0.25) is 0 Å². The molecule has 2 aromatic carbocycles. The number of halogens is 2. The van der Waals surface area contributed by atoms with Crippen LogP contribution in [0.4, 0.5) is 4.39 Å². The van der Waals surface area contributed by atoms with Crippen LogP contribution in [-0.2, 0) is 0 Å². The number of hydrogen-bond acceptors (Lipinski definition) is 2. The molecule has 100 valence electrons. The second-order valence-corrected chi connectivity index (χ2v) is 5.40. The molecule has 4 heteroatoms. The zero-order chi connectivity index (χ0) is 14.0. The number of rotatable bonds is 3. The Morgan fingerprint density at radius 1 is 1.21 bits per heavy atom. The lowest BCUT2D eigenvalue weighted by Gasteiger charge is -2.15. The molecule has 0 aliphatic carbocycles. The maximum atomic E-state index is 13.6. The summed E-state index contributed by atoms with van der Waals surface area (Å²) in [7, 11) is 0. The average molecular weight is 324 g/mol. The van der Waals surface area contributed by atoms with E-state index in [0.717, 1.165) is 4.47 Å². The van der Waals surface area contributed by atoms with E-state index in [4.69, 9.17) is 10.5 Å². The fraction of sp³-hybridized carbons (Fsp3) is 0.200. The zero-order valence-electron chi connectivity index (χ0n) is 10.8. The monoisotopic (exact) mass is 323 g/mol. The first kappa shape index (κ1) is 14.0. The molecule has 19 heavy (non-hydrogen) atoms. The quantitative estimate of drug-likeness (QED) is 0.887. The van der Waals surface area contributed by atoms with Crippen molar-refractivity contribution in [2.45, 2.75) is 19.9 Å². The van der Waals surface area contributed by atoms with Crippen molar-refractivity contribution in [1.29, 1.82) is 0 Å². The molecule has 0 saturated carbocycles. The molecule has 0 fully saturated rings. The van der Waals surface area contributed by atoms with Crippen LogP contribution >= 0.6 is 15.9 Å². The lowest BCUT2D eigenvalue weighted by atomic mass is 10.1. The van der Waals surface area contributed by atoms with Crippen molar-refractivity contribution in [2.75, 3.05) is 0 Å². The Kier molecular flexibility index (Phi) is 4.22. The molecule has 2 N–H and O–H groups in total. The fourth-order valence-electron chi connectivity index (χ4n) is 1.74. The lowest BCUT2D eigenvalue weighted by molar-refractivity contribution is 0.468. The second kappa shape index (κ2) is 5.72. The Balaban J connectivity index is 2.38. The zero-order valence-corrected chi connectivity index (χ0v) is 12.4. The molecule has 2 aromatic rings. The summed E-state index contributed by atoms with van der Waals surface area (Å²) >= 11 is 3.36. The van der Waals surface area contributed by atoms with E-state index in [2.05, 4.69) is 15.9 Å². The summed E-state index contributed by atoms with van der Waals surface area (Å²) < 4.78 is 20.4. The Hall–Kier alpha value is -1.39. The van der Waals surface area contributed by atoms with Crippen LogP contribution in [0.15, 0.2) is 40.9 Å². The normalized spacial score (nSPS) is 12.3. The molecule has 1 atom stereocenters. The van der Waals surface area contributed by atoms with E-state index >= 15 is 0 Å². The highest BCUT2D eigenvalue weighted by Gasteiger charge is 2.12. The van der Waals surface area contributed by atoms with Crippen molar-refractivity contribution in [2.24, 2.45) is 5.73 Å². The minimum atomic E-state index is -0.291. The highest BCUT2D eigenvalue weighted by molar-refractivity contribution is 9.10. The summed E-state index contributed by atoms with van der Waals surface area (Å²) in [4.78, 5) is 0. The third kappa shape index (κ3) is 3.33. The van der Waals surface area contributed by atoms with E-state index < -0.39 is 0 Å². The summed E-state index contributed by atoms with van der Waals surface area (Å²) in [6, 6.07) is 10.3. The van der Waals surface area contributed by atoms with Gasteiger partial charge in [0.1, 0.15) is 17.3 Å². The van der Waals surface area contributed by atoms with E-state index in [-0.39, 0.29) is 11.9 Å². The molecular formula is C15H15BrFNO. The predicted octanol–water partition coefficient (Wildman–Crippen LogP) is 4.71. The van der Waals surface area contributed by atoms with Crippen molar-refractivity contribution in [1.82, 2.24) is 0 Å². The first-order valence-electron chi connectivity index (χ1n) is 5.96. The average Bonchev–Trinajstić information content (AvgIpc) is 2.36. The minimum absolute atomic E-state index is 0.268. The molecule has 0 saturated heterocycles. The van der Waals surface area contributed by atoms with Crippen LogP contribution in [0.3, 0.4) is 0 Å². The molecular weight excluding hydrogens is 309 g/mol. The number of nitrogens with two attached hydrogens (primary N) is 1. The van der Waals surface area contributed by atoms with Crippen LogP contribution in [0.5, 0.6) is 11.5 Å². The molecule has 0 heterocycles. The third-order valence-corrected chi connectivity index (χ3v) is 3.35. The summed E-state index contributed by atoms with van der Waals surface area (Å²) in [5.74, 6) is 1.02. The smallest absolute Gasteiger partial charge is 0.132 e. The van der Waals surface area contributed by atoms with Crippen molar-refractivity contribution < 1.29 is 9.13 Å². The van der Waals surface area contributed by atoms with Gasteiger partial charge < -0.3 is 10.5 Å². The molecule has 0 aromatic heterocycles. The van der Waals surface area contributed by atoms with Crippen LogP contribution in [0.25, 0.3) is 0 Å². The van der Waals surface area contributed by atoms with Gasteiger partial charge in [-0.05, 0) is 55.8 Å². The van der Waals surface area contributed by atoms with Gasteiger partial charge in [-0.15, -0.1) is 0 Å². The van der Waals surface area contributed by atoms with Crippen molar-refractivity contribution in [3.05, 3.63) is 57.8 Å². The van der Waals surface area contributed by atoms with E-state index in [1.54, 1.807) is 19.9 Å². The standard InChI is InChI=1S/C15H15BrFNO/c1-9-7-15(13(10(2)18)8-14(9)17)19-12-5-3-11(16)4-6-12/h3-8,10H,18H2,1-2H3. The molecule has 2 nitrogen and oxygen atoms in total. The first-order chi connectivity index (χ1) is 8.97. The van der Waals surface area contributed by atoms with Crippen molar-refractivity contribution >= 4 is 15.9 Å². The second-order valence-electron chi connectivity index (χ2n) is 4.48. The number of benzene rings is 2. The van der Waals surface area contributed by atoms with Crippen LogP contribution in [0, 0.1) is 12.7 Å². The predicted molar refractivity (Wildman–Crippen MR) is 78.0 cm³/mol. The van der Waals surface area contributed by atoms with Gasteiger partial charge in [0.05, 0.1) is 0 Å². The highest BCUT2D eigenvalue weighted by Crippen LogP contribution is 2.31. The number of ether oxygens (including phenoxy) is 1. The van der Waals surface area contributed by atoms with Gasteiger partial charge in [0.25, 0.3) is 0 Å². The van der Waals surface area contributed by atoms with Gasteiger partial charge in [0.15, 0.2) is 0 Å². The number of hydrogen-bond donors (Lipinski definition) is 1. The lowest BCUT2D eigenvalue weighted by Crippen LogP contribution is -2.07. The molecule has 0 aliphatic rings. The SMILES string of the molecule is Cc1cc(Oc2ccc(Br)cc2)c(C(C)N)cc1F. The molecule has 0 amide bonds. The van der Waals surface area contributed by atoms with Crippen LogP contribution in [-0.4, -0.2) is 0 Å². The van der Waals surface area contributed by atoms with Gasteiger partial charge in [-0.25, -0.2) is 4.39 Å². The van der Waals surface area contributed by atoms with E-state index in [0.29, 0.717) is 22.6 Å². The first-order valence-corrected chi connectivity index (χ1v) is 6.75. The van der Waals surface area contributed by atoms with Gasteiger partial charge in [0.2, 0.25) is 0 Å². The highest BCUT2D eigenvalue weighted by atomic mass is 79.9. The largest absolute Gasteiger partial charge is 0.457 e. The summed E-state index contributed by atoms with van der Waals surface area (Å²) in [5.41, 5.74) is 7.05. The van der Waals surface area contributed by atoms with Crippen molar-refractivity contribution in [3.63, 3.8) is 0 Å². The Labute approximate surface area is 120 Å². The number of aryl methyl sites for hydroxylation is 1. The molecule has 0 radical (unpaired) electrons. The molecule has 0 spiro atoms. The van der Waals surface area contributed by atoms with Crippen molar-refractivity contribution in [3.8, 4) is 11.5 Å². The maximum absolute atomic E-state index is 13.6. The molecule has 1 unspecified atom stereocenters. The van der Waals surface area contributed by atoms with E-state index in [9.17, 15) is 4.39 Å². The maximum Gasteiger partial charge on any atom is 0.132 e. The Morgan fingerprint density at radius 3 is 2.42 bits per heavy atom. The fourth-order valence-corrected chi connectivity index (χ4v) is 2.01. The van der Waals surface area contributed by atoms with Crippen LogP contribution in [0.2, 0.25) is 0 Å². The van der Waals surface area contributed by atoms with Gasteiger partial charge in [0, 0.05) is 16.1 Å². The topological polar surface area (TPSA) is 35.2 Å². The van der Waals surface area contributed by atoms with Gasteiger partial charge in [-0.2, -0.15) is 0 Å². The van der Waals surface area contributed by atoms with Gasteiger partial charge >= 0.3 is 0 Å². The molecule has 0 aliphatic heterocycles. The van der Waals surface area contributed by atoms with Gasteiger partial charge in [-0.1, -0.05) is 15.9 Å². The third-order valence-electron chi connectivity index (χ3n) is 2.82.